The van der Waals surface area contributed by atoms with E-state index < -0.39 is 17.9 Å². The minimum Gasteiger partial charge on any atom is -0.454 e. The number of aromatic nitrogens is 2. The van der Waals surface area contributed by atoms with Gasteiger partial charge in [0.2, 0.25) is 0 Å². The zero-order valence-corrected chi connectivity index (χ0v) is 16.9. The number of hydrogen-bond acceptors (Lipinski definition) is 6. The van der Waals surface area contributed by atoms with Gasteiger partial charge < -0.3 is 30.2 Å². The molecule has 1 heterocycles. The number of nitrogens with one attached hydrogen (secondary N) is 1. The first-order chi connectivity index (χ1) is 14.4. The Morgan fingerprint density at radius 2 is 2.03 bits per heavy atom. The summed E-state index contributed by atoms with van der Waals surface area (Å²) >= 11 is 0. The van der Waals surface area contributed by atoms with Gasteiger partial charge in [0.15, 0.2) is 11.6 Å². The summed E-state index contributed by atoms with van der Waals surface area (Å²) in [6, 6.07) is 8.04. The van der Waals surface area contributed by atoms with Crippen molar-refractivity contribution in [3.8, 4) is 11.5 Å². The molecule has 2 aromatic carbocycles. The summed E-state index contributed by atoms with van der Waals surface area (Å²) in [4.78, 5) is 4.64. The van der Waals surface area contributed by atoms with E-state index in [-0.39, 0.29) is 11.8 Å². The number of aliphatic hydroxyl groups is 1. The van der Waals surface area contributed by atoms with Crippen LogP contribution in [0.25, 0.3) is 11.0 Å². The van der Waals surface area contributed by atoms with Crippen LogP contribution in [-0.4, -0.2) is 40.1 Å². The van der Waals surface area contributed by atoms with Crippen molar-refractivity contribution >= 4 is 11.0 Å². The highest BCUT2D eigenvalue weighted by molar-refractivity contribution is 5.78. The van der Waals surface area contributed by atoms with Gasteiger partial charge in [-0.2, -0.15) is 0 Å². The van der Waals surface area contributed by atoms with Gasteiger partial charge in [-0.3, -0.25) is 0 Å². The highest BCUT2D eigenvalue weighted by Gasteiger charge is 2.15. The van der Waals surface area contributed by atoms with Crippen molar-refractivity contribution in [2.75, 3.05) is 13.2 Å². The van der Waals surface area contributed by atoms with Crippen LogP contribution in [0, 0.1) is 11.6 Å². The average Bonchev–Trinajstić information content (AvgIpc) is 3.05. The van der Waals surface area contributed by atoms with Crippen molar-refractivity contribution in [1.82, 2.24) is 14.9 Å². The Kier molecular flexibility index (Phi) is 7.33. The Hall–Kier alpha value is -2.59. The normalized spacial score (nSPS) is 13.5. The van der Waals surface area contributed by atoms with Crippen LogP contribution >= 0.6 is 0 Å². The molecule has 0 radical (unpaired) electrons. The van der Waals surface area contributed by atoms with E-state index in [1.165, 1.54) is 6.07 Å². The summed E-state index contributed by atoms with van der Waals surface area (Å²) in [5.41, 5.74) is 7.02. The van der Waals surface area contributed by atoms with E-state index in [0.717, 1.165) is 29.0 Å². The molecule has 0 aliphatic rings. The summed E-state index contributed by atoms with van der Waals surface area (Å²) in [5.74, 6) is -0.376. The second-order valence-electron chi connectivity index (χ2n) is 6.86. The standard InChI is InChI=1S/C21H26F2N4O3/c1-3-29-9-8-27-18-11-15(30-19-7-4-14(22)10-16(19)23)5-6-17(18)26-20(27)12-25-13(2)21(24)28/h4-7,10-11,13,21,25,28H,3,8-9,12,24H2,1-2H3/t13-,21?/m0/s1. The molecule has 0 aliphatic carbocycles. The number of benzene rings is 2. The van der Waals surface area contributed by atoms with Gasteiger partial charge >= 0.3 is 0 Å². The van der Waals surface area contributed by atoms with Gasteiger partial charge in [0, 0.05) is 31.3 Å². The van der Waals surface area contributed by atoms with Crippen molar-refractivity contribution in [3.63, 3.8) is 0 Å². The van der Waals surface area contributed by atoms with Gasteiger partial charge in [-0.25, -0.2) is 13.8 Å². The summed E-state index contributed by atoms with van der Waals surface area (Å²) in [5, 5.41) is 12.6. The third kappa shape index (κ3) is 5.31. The second kappa shape index (κ2) is 9.94. The SMILES string of the molecule is CCOCCn1c(CN[C@@H](C)C(N)O)nc2ccc(Oc3ccc(F)cc3F)cc21. The number of rotatable bonds is 10. The zero-order valence-electron chi connectivity index (χ0n) is 16.9. The lowest BCUT2D eigenvalue weighted by Crippen LogP contribution is -2.42. The van der Waals surface area contributed by atoms with Crippen LogP contribution in [0.4, 0.5) is 8.78 Å². The monoisotopic (exact) mass is 420 g/mol. The molecule has 0 spiro atoms. The average molecular weight is 420 g/mol. The summed E-state index contributed by atoms with van der Waals surface area (Å²) in [7, 11) is 0. The van der Waals surface area contributed by atoms with E-state index in [9.17, 15) is 13.9 Å². The van der Waals surface area contributed by atoms with Crippen molar-refractivity contribution in [2.24, 2.45) is 5.73 Å². The van der Waals surface area contributed by atoms with E-state index in [0.29, 0.717) is 32.1 Å². The number of halogens is 2. The highest BCUT2D eigenvalue weighted by atomic mass is 19.1. The van der Waals surface area contributed by atoms with Gasteiger partial charge in [-0.15, -0.1) is 0 Å². The Bertz CT molecular complexity index is 994. The minimum absolute atomic E-state index is 0.0659. The Morgan fingerprint density at radius 1 is 1.23 bits per heavy atom. The van der Waals surface area contributed by atoms with Crippen LogP contribution in [-0.2, 0) is 17.8 Å². The molecule has 1 unspecified atom stereocenters. The molecular formula is C21H26F2N4O3. The number of hydrogen-bond donors (Lipinski definition) is 3. The first-order valence-electron chi connectivity index (χ1n) is 9.76. The number of imidazole rings is 1. The van der Waals surface area contributed by atoms with E-state index in [2.05, 4.69) is 10.3 Å². The number of aliphatic hydroxyl groups excluding tert-OH is 1. The van der Waals surface area contributed by atoms with Crippen LogP contribution in [0.1, 0.15) is 19.7 Å². The number of nitrogens with two attached hydrogens (primary N) is 1. The number of ether oxygens (including phenoxy) is 2. The van der Waals surface area contributed by atoms with E-state index in [4.69, 9.17) is 15.2 Å². The molecule has 9 heteroatoms. The quantitative estimate of drug-likeness (QED) is 0.345. The second-order valence-corrected chi connectivity index (χ2v) is 6.86. The molecule has 0 bridgehead atoms. The molecule has 3 rings (SSSR count). The maximum absolute atomic E-state index is 13.9. The van der Waals surface area contributed by atoms with Crippen molar-refractivity contribution in [1.29, 1.82) is 0 Å². The topological polar surface area (TPSA) is 94.6 Å². The van der Waals surface area contributed by atoms with E-state index in [1.54, 1.807) is 25.1 Å². The Labute approximate surface area is 173 Å². The summed E-state index contributed by atoms with van der Waals surface area (Å²) < 4.78 is 40.1. The van der Waals surface area contributed by atoms with Gasteiger partial charge in [0.1, 0.15) is 23.6 Å². The lowest BCUT2D eigenvalue weighted by molar-refractivity contribution is 0.135. The first-order valence-corrected chi connectivity index (χ1v) is 9.76. The number of nitrogens with zero attached hydrogens (tertiary/aromatic N) is 2. The number of fused-ring (bicyclic) bond motifs is 1. The fourth-order valence-corrected chi connectivity index (χ4v) is 2.96. The predicted molar refractivity (Wildman–Crippen MR) is 109 cm³/mol. The van der Waals surface area contributed by atoms with E-state index >= 15 is 0 Å². The van der Waals surface area contributed by atoms with Crippen LogP contribution in [0.2, 0.25) is 0 Å². The molecule has 0 aliphatic heterocycles. The van der Waals surface area contributed by atoms with Crippen molar-refractivity contribution < 1.29 is 23.4 Å². The molecule has 162 valence electrons. The lowest BCUT2D eigenvalue weighted by atomic mass is 10.3. The molecule has 0 fully saturated rings. The van der Waals surface area contributed by atoms with Crippen LogP contribution < -0.4 is 15.8 Å². The molecule has 1 aromatic heterocycles. The van der Waals surface area contributed by atoms with Crippen LogP contribution in [0.3, 0.4) is 0 Å². The molecule has 2 atom stereocenters. The fourth-order valence-electron chi connectivity index (χ4n) is 2.96. The fraction of sp³-hybridized carbons (Fsp3) is 0.381. The highest BCUT2D eigenvalue weighted by Crippen LogP contribution is 2.28. The molecule has 30 heavy (non-hydrogen) atoms. The zero-order chi connectivity index (χ0) is 21.7. The maximum atomic E-state index is 13.9. The molecule has 0 amide bonds. The molecule has 0 saturated carbocycles. The molecule has 3 aromatic rings. The maximum Gasteiger partial charge on any atom is 0.168 e. The van der Waals surface area contributed by atoms with Gasteiger partial charge in [-0.05, 0) is 38.1 Å². The minimum atomic E-state index is -0.989. The molecular weight excluding hydrogens is 394 g/mol. The predicted octanol–water partition coefficient (Wildman–Crippen LogP) is 2.90. The Balaban J connectivity index is 1.90. The lowest BCUT2D eigenvalue weighted by Gasteiger charge is -2.17. The molecule has 4 N–H and O–H groups in total. The molecule has 7 nitrogen and oxygen atoms in total. The third-order valence-corrected chi connectivity index (χ3v) is 4.68. The smallest absolute Gasteiger partial charge is 0.168 e. The van der Waals surface area contributed by atoms with Gasteiger partial charge in [-0.1, -0.05) is 0 Å². The van der Waals surface area contributed by atoms with Crippen molar-refractivity contribution in [3.05, 3.63) is 53.9 Å². The Morgan fingerprint density at radius 3 is 2.73 bits per heavy atom. The van der Waals surface area contributed by atoms with Crippen molar-refractivity contribution in [2.45, 2.75) is 39.2 Å². The van der Waals surface area contributed by atoms with E-state index in [1.807, 2.05) is 11.5 Å². The first kappa shape index (κ1) is 22.1. The van der Waals surface area contributed by atoms with Gasteiger partial charge in [0.25, 0.3) is 0 Å². The van der Waals surface area contributed by atoms with Crippen LogP contribution in [0.15, 0.2) is 36.4 Å². The van der Waals surface area contributed by atoms with Crippen LogP contribution in [0.5, 0.6) is 11.5 Å². The van der Waals surface area contributed by atoms with Gasteiger partial charge in [0.05, 0.1) is 24.2 Å². The summed E-state index contributed by atoms with van der Waals surface area (Å²) in [6.45, 7) is 5.72. The molecule has 0 saturated heterocycles. The third-order valence-electron chi connectivity index (χ3n) is 4.68. The largest absolute Gasteiger partial charge is 0.454 e. The summed E-state index contributed by atoms with van der Waals surface area (Å²) in [6.07, 6.45) is -0.989.